The summed E-state index contributed by atoms with van der Waals surface area (Å²) in [4.78, 5) is 19.0. The molecular weight excluding hydrogens is 260 g/mol. The zero-order chi connectivity index (χ0) is 13.7. The van der Waals surface area contributed by atoms with Gasteiger partial charge in [0.05, 0.1) is 17.1 Å². The summed E-state index contributed by atoms with van der Waals surface area (Å²) >= 11 is 1.71. The minimum absolute atomic E-state index is 0.209. The predicted octanol–water partition coefficient (Wildman–Crippen LogP) is 2.36. The molecule has 1 aliphatic heterocycles. The summed E-state index contributed by atoms with van der Waals surface area (Å²) in [5.74, 6) is -0.728. The van der Waals surface area contributed by atoms with E-state index < -0.39 is 5.97 Å². The molecule has 5 heteroatoms. The Morgan fingerprint density at radius 3 is 2.74 bits per heavy atom. The van der Waals surface area contributed by atoms with E-state index in [0.29, 0.717) is 6.42 Å². The highest BCUT2D eigenvalue weighted by atomic mass is 32.1. The molecule has 1 aromatic heterocycles. The number of aliphatic carboxylic acids is 1. The van der Waals surface area contributed by atoms with Gasteiger partial charge in [0.1, 0.15) is 0 Å². The van der Waals surface area contributed by atoms with E-state index >= 15 is 0 Å². The number of nitrogens with zero attached hydrogens (tertiary/aromatic N) is 2. The lowest BCUT2D eigenvalue weighted by molar-refractivity contribution is -0.136. The molecule has 19 heavy (non-hydrogen) atoms. The Labute approximate surface area is 118 Å². The molecule has 1 N–H and O–H groups in total. The van der Waals surface area contributed by atoms with Gasteiger partial charge in [-0.05, 0) is 38.8 Å². The third-order valence-electron chi connectivity index (χ3n) is 3.56. The normalized spacial score (nSPS) is 16.1. The summed E-state index contributed by atoms with van der Waals surface area (Å²) in [7, 11) is 0. The standard InChI is InChI=1S/C14H22N2O2S/c1-2-11-12(5-6-14(17)18)19-13(15-11)7-10-16-8-3-4-9-16/h2-10H2,1H3,(H,17,18). The zero-order valence-corrected chi connectivity index (χ0v) is 12.3. The molecule has 4 nitrogen and oxygen atoms in total. The van der Waals surface area contributed by atoms with Crippen LogP contribution < -0.4 is 0 Å². The average Bonchev–Trinajstić information content (AvgIpc) is 3.03. The van der Waals surface area contributed by atoms with Crippen molar-refractivity contribution in [3.05, 3.63) is 15.6 Å². The first-order chi connectivity index (χ1) is 9.19. The molecule has 2 rings (SSSR count). The van der Waals surface area contributed by atoms with Crippen LogP contribution in [0.1, 0.15) is 41.8 Å². The number of carboxylic acid groups (broad SMARTS) is 1. The molecule has 0 spiro atoms. The molecule has 0 atom stereocenters. The monoisotopic (exact) mass is 282 g/mol. The average molecular weight is 282 g/mol. The van der Waals surface area contributed by atoms with Crippen molar-refractivity contribution in [1.29, 1.82) is 0 Å². The number of hydrogen-bond donors (Lipinski definition) is 1. The van der Waals surface area contributed by atoms with Crippen molar-refractivity contribution < 1.29 is 9.90 Å². The third kappa shape index (κ3) is 4.28. The molecule has 1 fully saturated rings. The van der Waals surface area contributed by atoms with Crippen LogP contribution in [0.15, 0.2) is 0 Å². The van der Waals surface area contributed by atoms with Crippen molar-refractivity contribution >= 4 is 17.3 Å². The van der Waals surface area contributed by atoms with Crippen molar-refractivity contribution in [2.45, 2.75) is 45.4 Å². The molecular formula is C14H22N2O2S. The summed E-state index contributed by atoms with van der Waals surface area (Å²) in [6.45, 7) is 5.62. The third-order valence-corrected chi connectivity index (χ3v) is 4.78. The number of aryl methyl sites for hydroxylation is 2. The smallest absolute Gasteiger partial charge is 0.303 e. The Bertz CT molecular complexity index is 425. The van der Waals surface area contributed by atoms with Crippen LogP contribution in [0.3, 0.4) is 0 Å². The van der Waals surface area contributed by atoms with E-state index in [9.17, 15) is 4.79 Å². The second-order valence-electron chi connectivity index (χ2n) is 5.02. The first kappa shape index (κ1) is 14.5. The van der Waals surface area contributed by atoms with E-state index in [0.717, 1.165) is 25.1 Å². The second kappa shape index (κ2) is 7.01. The number of carbonyl (C=O) groups is 1. The topological polar surface area (TPSA) is 53.4 Å². The van der Waals surface area contributed by atoms with Crippen LogP contribution in [0, 0.1) is 0 Å². The second-order valence-corrected chi connectivity index (χ2v) is 6.19. The van der Waals surface area contributed by atoms with E-state index in [1.165, 1.54) is 35.8 Å². The van der Waals surface area contributed by atoms with Crippen molar-refractivity contribution in [3.63, 3.8) is 0 Å². The zero-order valence-electron chi connectivity index (χ0n) is 11.5. The number of rotatable bonds is 7. The fourth-order valence-electron chi connectivity index (χ4n) is 2.50. The highest BCUT2D eigenvalue weighted by Crippen LogP contribution is 2.22. The first-order valence-electron chi connectivity index (χ1n) is 7.10. The van der Waals surface area contributed by atoms with Gasteiger partial charge in [-0.15, -0.1) is 11.3 Å². The van der Waals surface area contributed by atoms with Crippen LogP contribution in [-0.2, 0) is 24.1 Å². The van der Waals surface area contributed by atoms with Gasteiger partial charge in [0.15, 0.2) is 0 Å². The number of hydrogen-bond acceptors (Lipinski definition) is 4. The fourth-order valence-corrected chi connectivity index (χ4v) is 3.64. The molecule has 0 amide bonds. The minimum Gasteiger partial charge on any atom is -0.481 e. The molecule has 1 saturated heterocycles. The molecule has 0 unspecified atom stereocenters. The van der Waals surface area contributed by atoms with Gasteiger partial charge >= 0.3 is 5.97 Å². The number of likely N-dealkylation sites (tertiary alicyclic amines) is 1. The van der Waals surface area contributed by atoms with Crippen molar-refractivity contribution in [3.8, 4) is 0 Å². The summed E-state index contributed by atoms with van der Waals surface area (Å²) in [5.41, 5.74) is 1.10. The summed E-state index contributed by atoms with van der Waals surface area (Å²) in [6, 6.07) is 0. The number of thiazole rings is 1. The quantitative estimate of drug-likeness (QED) is 0.834. The van der Waals surface area contributed by atoms with Gasteiger partial charge in [-0.3, -0.25) is 4.79 Å². The van der Waals surface area contributed by atoms with Crippen LogP contribution in [0.25, 0.3) is 0 Å². The van der Waals surface area contributed by atoms with Gasteiger partial charge in [-0.2, -0.15) is 0 Å². The Kier molecular flexibility index (Phi) is 5.34. The predicted molar refractivity (Wildman–Crippen MR) is 76.8 cm³/mol. The molecule has 1 aromatic rings. The van der Waals surface area contributed by atoms with Gasteiger partial charge in [0.25, 0.3) is 0 Å². The lowest BCUT2D eigenvalue weighted by atomic mass is 10.2. The molecule has 0 bridgehead atoms. The Hall–Kier alpha value is -0.940. The maximum Gasteiger partial charge on any atom is 0.303 e. The maximum absolute atomic E-state index is 10.7. The Balaban J connectivity index is 1.91. The van der Waals surface area contributed by atoms with Gasteiger partial charge in [0, 0.05) is 17.8 Å². The summed E-state index contributed by atoms with van der Waals surface area (Å²) < 4.78 is 0. The summed E-state index contributed by atoms with van der Waals surface area (Å²) in [6.07, 6.45) is 5.38. The number of carboxylic acids is 1. The molecule has 106 valence electrons. The maximum atomic E-state index is 10.7. The molecule has 1 aliphatic rings. The van der Waals surface area contributed by atoms with Gasteiger partial charge in [0.2, 0.25) is 0 Å². The molecule has 0 saturated carbocycles. The van der Waals surface area contributed by atoms with E-state index in [-0.39, 0.29) is 6.42 Å². The number of aromatic nitrogens is 1. The summed E-state index contributed by atoms with van der Waals surface area (Å²) in [5, 5.41) is 9.94. The van der Waals surface area contributed by atoms with E-state index in [2.05, 4.69) is 16.8 Å². The first-order valence-corrected chi connectivity index (χ1v) is 7.92. The SMILES string of the molecule is CCc1nc(CCN2CCCC2)sc1CCC(=O)O. The van der Waals surface area contributed by atoms with Crippen molar-refractivity contribution in [2.24, 2.45) is 0 Å². The van der Waals surface area contributed by atoms with Crippen LogP contribution in [0.4, 0.5) is 0 Å². The van der Waals surface area contributed by atoms with Gasteiger partial charge in [-0.25, -0.2) is 4.98 Å². The Morgan fingerprint density at radius 2 is 2.11 bits per heavy atom. The molecule has 0 aliphatic carbocycles. The highest BCUT2D eigenvalue weighted by molar-refractivity contribution is 7.11. The van der Waals surface area contributed by atoms with Crippen molar-refractivity contribution in [2.75, 3.05) is 19.6 Å². The minimum atomic E-state index is -0.728. The largest absolute Gasteiger partial charge is 0.481 e. The highest BCUT2D eigenvalue weighted by Gasteiger charge is 2.14. The van der Waals surface area contributed by atoms with Crippen molar-refractivity contribution in [1.82, 2.24) is 9.88 Å². The van der Waals surface area contributed by atoms with Crippen LogP contribution in [-0.4, -0.2) is 40.6 Å². The fraction of sp³-hybridized carbons (Fsp3) is 0.714. The van der Waals surface area contributed by atoms with Crippen LogP contribution in [0.2, 0.25) is 0 Å². The van der Waals surface area contributed by atoms with E-state index in [4.69, 9.17) is 5.11 Å². The van der Waals surface area contributed by atoms with E-state index in [1.54, 1.807) is 11.3 Å². The van der Waals surface area contributed by atoms with Crippen LogP contribution >= 0.6 is 11.3 Å². The van der Waals surface area contributed by atoms with Crippen LogP contribution in [0.5, 0.6) is 0 Å². The van der Waals surface area contributed by atoms with Gasteiger partial charge < -0.3 is 10.0 Å². The van der Waals surface area contributed by atoms with Gasteiger partial charge in [-0.1, -0.05) is 6.92 Å². The lowest BCUT2D eigenvalue weighted by Gasteiger charge is -2.12. The lowest BCUT2D eigenvalue weighted by Crippen LogP contribution is -2.21. The molecule has 0 aromatic carbocycles. The van der Waals surface area contributed by atoms with E-state index in [1.807, 2.05) is 0 Å². The Morgan fingerprint density at radius 1 is 1.37 bits per heavy atom. The molecule has 0 radical (unpaired) electrons. The molecule has 2 heterocycles.